The van der Waals surface area contributed by atoms with Crippen molar-refractivity contribution < 1.29 is 8.42 Å². The minimum Gasteiger partial charge on any atom is -0.347 e. The highest BCUT2D eigenvalue weighted by molar-refractivity contribution is 7.89. The second-order valence-electron chi connectivity index (χ2n) is 5.10. The van der Waals surface area contributed by atoms with Gasteiger partial charge in [-0.25, -0.2) is 18.1 Å². The Hall–Kier alpha value is -1.66. The molecule has 0 atom stereocenters. The van der Waals surface area contributed by atoms with Gasteiger partial charge in [-0.15, -0.1) is 0 Å². The van der Waals surface area contributed by atoms with Crippen molar-refractivity contribution in [1.82, 2.24) is 14.7 Å². The Balaban J connectivity index is 2.05. The van der Waals surface area contributed by atoms with E-state index < -0.39 is 10.0 Å². The molecule has 6 heteroatoms. The quantitative estimate of drug-likeness (QED) is 0.856. The van der Waals surface area contributed by atoms with Crippen molar-refractivity contribution in [3.05, 3.63) is 48.0 Å². The van der Waals surface area contributed by atoms with Crippen molar-refractivity contribution in [2.75, 3.05) is 0 Å². The Kier molecular flexibility index (Phi) is 4.57. The van der Waals surface area contributed by atoms with Crippen LogP contribution in [0.3, 0.4) is 0 Å². The summed E-state index contributed by atoms with van der Waals surface area (Å²) in [6, 6.07) is 7.01. The van der Waals surface area contributed by atoms with Crippen molar-refractivity contribution in [1.29, 1.82) is 0 Å². The Morgan fingerprint density at radius 2 is 1.95 bits per heavy atom. The summed E-state index contributed by atoms with van der Waals surface area (Å²) >= 11 is 0. The average molecular weight is 293 g/mol. The molecule has 0 saturated carbocycles. The summed E-state index contributed by atoms with van der Waals surface area (Å²) in [6.07, 6.45) is 4.19. The Morgan fingerprint density at radius 3 is 2.50 bits per heavy atom. The van der Waals surface area contributed by atoms with Gasteiger partial charge in [0, 0.05) is 12.4 Å². The fourth-order valence-corrected chi connectivity index (χ4v) is 2.91. The molecular weight excluding hydrogens is 274 g/mol. The lowest BCUT2D eigenvalue weighted by molar-refractivity contribution is 0.579. The van der Waals surface area contributed by atoms with Gasteiger partial charge in [0.15, 0.2) is 0 Å². The van der Waals surface area contributed by atoms with E-state index in [0.717, 1.165) is 12.0 Å². The molecule has 0 amide bonds. The maximum Gasteiger partial charge on any atom is 0.240 e. The van der Waals surface area contributed by atoms with E-state index in [4.69, 9.17) is 0 Å². The molecule has 0 aliphatic heterocycles. The van der Waals surface area contributed by atoms with Gasteiger partial charge in [0.05, 0.1) is 11.4 Å². The van der Waals surface area contributed by atoms with E-state index in [0.29, 0.717) is 11.7 Å². The third-order valence-electron chi connectivity index (χ3n) is 2.86. The largest absolute Gasteiger partial charge is 0.347 e. The molecule has 2 N–H and O–H groups in total. The van der Waals surface area contributed by atoms with E-state index in [2.05, 4.69) is 28.5 Å². The first-order valence-corrected chi connectivity index (χ1v) is 8.02. The first-order valence-electron chi connectivity index (χ1n) is 6.54. The fraction of sp³-hybridized carbons (Fsp3) is 0.357. The fourth-order valence-electron chi connectivity index (χ4n) is 1.92. The van der Waals surface area contributed by atoms with Gasteiger partial charge in [0.2, 0.25) is 10.0 Å². The molecule has 1 aromatic heterocycles. The molecule has 2 rings (SSSR count). The monoisotopic (exact) mass is 293 g/mol. The van der Waals surface area contributed by atoms with Crippen LogP contribution in [-0.4, -0.2) is 18.4 Å². The molecule has 2 aromatic rings. The molecule has 0 unspecified atom stereocenters. The van der Waals surface area contributed by atoms with Crippen LogP contribution in [0.15, 0.2) is 41.6 Å². The molecular formula is C14H19N3O2S. The van der Waals surface area contributed by atoms with Gasteiger partial charge < -0.3 is 4.98 Å². The van der Waals surface area contributed by atoms with Crippen LogP contribution in [0, 0.1) is 5.92 Å². The molecule has 5 nitrogen and oxygen atoms in total. The molecule has 20 heavy (non-hydrogen) atoms. The first kappa shape index (κ1) is 14.7. The second-order valence-corrected chi connectivity index (χ2v) is 6.87. The van der Waals surface area contributed by atoms with Gasteiger partial charge in [-0.3, -0.25) is 0 Å². The number of hydrogen-bond donors (Lipinski definition) is 2. The zero-order valence-corrected chi connectivity index (χ0v) is 12.4. The van der Waals surface area contributed by atoms with Crippen molar-refractivity contribution >= 4 is 10.0 Å². The van der Waals surface area contributed by atoms with Gasteiger partial charge in [-0.1, -0.05) is 26.0 Å². The lowest BCUT2D eigenvalue weighted by Gasteiger charge is -2.08. The molecule has 0 saturated heterocycles. The van der Waals surface area contributed by atoms with Gasteiger partial charge in [-0.05, 0) is 30.0 Å². The summed E-state index contributed by atoms with van der Waals surface area (Å²) in [5.74, 6) is 1.14. The lowest BCUT2D eigenvalue weighted by Crippen LogP contribution is -2.23. The third kappa shape index (κ3) is 3.91. The maximum atomic E-state index is 12.1. The molecule has 0 bridgehead atoms. The van der Waals surface area contributed by atoms with Crippen LogP contribution in [0.4, 0.5) is 0 Å². The maximum absolute atomic E-state index is 12.1. The lowest BCUT2D eigenvalue weighted by atomic mass is 10.0. The van der Waals surface area contributed by atoms with E-state index in [1.54, 1.807) is 24.5 Å². The zero-order chi connectivity index (χ0) is 14.6. The topological polar surface area (TPSA) is 74.8 Å². The molecule has 0 radical (unpaired) electrons. The van der Waals surface area contributed by atoms with Crippen LogP contribution in [0.1, 0.15) is 25.2 Å². The highest BCUT2D eigenvalue weighted by atomic mass is 32.2. The summed E-state index contributed by atoms with van der Waals surface area (Å²) < 4.78 is 26.7. The minimum atomic E-state index is -3.49. The smallest absolute Gasteiger partial charge is 0.240 e. The molecule has 108 valence electrons. The van der Waals surface area contributed by atoms with Gasteiger partial charge in [0.25, 0.3) is 0 Å². The number of nitrogens with one attached hydrogen (secondary N) is 2. The van der Waals surface area contributed by atoms with Gasteiger partial charge >= 0.3 is 0 Å². The summed E-state index contributed by atoms with van der Waals surface area (Å²) in [7, 11) is -3.49. The van der Waals surface area contributed by atoms with E-state index in [1.807, 2.05) is 12.1 Å². The van der Waals surface area contributed by atoms with Gasteiger partial charge in [-0.2, -0.15) is 0 Å². The van der Waals surface area contributed by atoms with E-state index in [9.17, 15) is 8.42 Å². The summed E-state index contributed by atoms with van der Waals surface area (Å²) in [6.45, 7) is 4.42. The van der Waals surface area contributed by atoms with Crippen LogP contribution in [0.5, 0.6) is 0 Å². The molecule has 1 aromatic carbocycles. The predicted molar refractivity (Wildman–Crippen MR) is 77.6 cm³/mol. The highest BCUT2D eigenvalue weighted by Crippen LogP contribution is 2.13. The number of nitrogens with zero attached hydrogens (tertiary/aromatic N) is 1. The second kappa shape index (κ2) is 6.19. The number of benzene rings is 1. The Morgan fingerprint density at radius 1 is 1.25 bits per heavy atom. The molecule has 0 aliphatic carbocycles. The van der Waals surface area contributed by atoms with Crippen LogP contribution in [0.25, 0.3) is 0 Å². The number of imidazole rings is 1. The zero-order valence-electron chi connectivity index (χ0n) is 11.6. The van der Waals surface area contributed by atoms with E-state index >= 15 is 0 Å². The number of hydrogen-bond acceptors (Lipinski definition) is 3. The summed E-state index contributed by atoms with van der Waals surface area (Å²) in [5.41, 5.74) is 1.14. The SMILES string of the molecule is CC(C)Cc1ccc(S(=O)(=O)NCc2ncc[nH]2)cc1. The molecule has 0 fully saturated rings. The van der Waals surface area contributed by atoms with Crippen molar-refractivity contribution in [3.63, 3.8) is 0 Å². The van der Waals surface area contributed by atoms with E-state index in [1.165, 1.54) is 0 Å². The number of aromatic amines is 1. The third-order valence-corrected chi connectivity index (χ3v) is 4.28. The summed E-state index contributed by atoms with van der Waals surface area (Å²) in [5, 5.41) is 0. The van der Waals surface area contributed by atoms with Crippen molar-refractivity contribution in [2.24, 2.45) is 5.92 Å². The van der Waals surface area contributed by atoms with Crippen molar-refractivity contribution in [2.45, 2.75) is 31.7 Å². The number of aromatic nitrogens is 2. The van der Waals surface area contributed by atoms with E-state index in [-0.39, 0.29) is 11.4 Å². The number of sulfonamides is 1. The average Bonchev–Trinajstić information content (AvgIpc) is 2.89. The standard InChI is InChI=1S/C14H19N3O2S/c1-11(2)9-12-3-5-13(6-4-12)20(18,19)17-10-14-15-7-8-16-14/h3-8,11,17H,9-10H2,1-2H3,(H,15,16). The van der Waals surface area contributed by atoms with Crippen LogP contribution in [-0.2, 0) is 23.0 Å². The van der Waals surface area contributed by atoms with Crippen LogP contribution >= 0.6 is 0 Å². The van der Waals surface area contributed by atoms with Crippen molar-refractivity contribution in [3.8, 4) is 0 Å². The highest BCUT2D eigenvalue weighted by Gasteiger charge is 2.14. The molecule has 0 aliphatic rings. The number of H-pyrrole nitrogens is 1. The summed E-state index contributed by atoms with van der Waals surface area (Å²) in [4.78, 5) is 7.11. The Bertz CT molecular complexity index is 632. The minimum absolute atomic E-state index is 0.156. The molecule has 0 spiro atoms. The van der Waals surface area contributed by atoms with Crippen LogP contribution in [0.2, 0.25) is 0 Å². The van der Waals surface area contributed by atoms with Crippen LogP contribution < -0.4 is 4.72 Å². The Labute approximate surface area is 119 Å². The predicted octanol–water partition coefficient (Wildman–Crippen LogP) is 2.09. The first-order chi connectivity index (χ1) is 9.47. The van der Waals surface area contributed by atoms with Gasteiger partial charge in [0.1, 0.15) is 5.82 Å². The molecule has 1 heterocycles. The normalized spacial score (nSPS) is 11.9. The number of rotatable bonds is 6.